The Hall–Kier alpha value is -3.46. The molecule has 0 aliphatic rings. The SMILES string of the molecule is O=C(/C=C/c1ccccc1C(=O)c1ccccc1)Oc1ccccc1. The number of rotatable bonds is 5. The van der Waals surface area contributed by atoms with E-state index in [4.69, 9.17) is 4.74 Å². The van der Waals surface area contributed by atoms with E-state index in [9.17, 15) is 9.59 Å². The van der Waals surface area contributed by atoms with Crippen LogP contribution in [0, 0.1) is 0 Å². The van der Waals surface area contributed by atoms with E-state index < -0.39 is 5.97 Å². The van der Waals surface area contributed by atoms with Crippen LogP contribution in [0.2, 0.25) is 0 Å². The Labute approximate surface area is 146 Å². The van der Waals surface area contributed by atoms with Crippen molar-refractivity contribution in [2.75, 3.05) is 0 Å². The van der Waals surface area contributed by atoms with Crippen LogP contribution in [0.3, 0.4) is 0 Å². The molecule has 0 radical (unpaired) electrons. The highest BCUT2D eigenvalue weighted by atomic mass is 16.5. The molecule has 0 aromatic heterocycles. The Morgan fingerprint density at radius 2 is 1.32 bits per heavy atom. The number of carbonyl (C=O) groups excluding carboxylic acids is 2. The van der Waals surface area contributed by atoms with E-state index in [0.29, 0.717) is 22.4 Å². The summed E-state index contributed by atoms with van der Waals surface area (Å²) in [4.78, 5) is 24.6. The van der Waals surface area contributed by atoms with Crippen LogP contribution in [-0.2, 0) is 4.79 Å². The lowest BCUT2D eigenvalue weighted by Gasteiger charge is -2.05. The molecular weight excluding hydrogens is 312 g/mol. The first-order valence-corrected chi connectivity index (χ1v) is 7.88. The number of carbonyl (C=O) groups is 2. The molecule has 3 aromatic rings. The lowest BCUT2D eigenvalue weighted by atomic mass is 9.98. The Morgan fingerprint density at radius 1 is 0.720 bits per heavy atom. The Balaban J connectivity index is 1.79. The summed E-state index contributed by atoms with van der Waals surface area (Å²) >= 11 is 0. The molecule has 0 atom stereocenters. The number of esters is 1. The van der Waals surface area contributed by atoms with Crippen molar-refractivity contribution in [1.29, 1.82) is 0 Å². The maximum atomic E-state index is 12.7. The van der Waals surface area contributed by atoms with Crippen molar-refractivity contribution in [2.45, 2.75) is 0 Å². The van der Waals surface area contributed by atoms with Gasteiger partial charge in [-0.25, -0.2) is 4.79 Å². The summed E-state index contributed by atoms with van der Waals surface area (Å²) in [7, 11) is 0. The number of benzene rings is 3. The van der Waals surface area contributed by atoms with Gasteiger partial charge in [0.15, 0.2) is 5.78 Å². The molecule has 0 N–H and O–H groups in total. The number of para-hydroxylation sites is 1. The first-order chi connectivity index (χ1) is 12.2. The summed E-state index contributed by atoms with van der Waals surface area (Å²) in [6, 6.07) is 25.1. The molecule has 0 unspecified atom stereocenters. The van der Waals surface area contributed by atoms with Crippen molar-refractivity contribution < 1.29 is 14.3 Å². The molecule has 3 aromatic carbocycles. The number of hydrogen-bond donors (Lipinski definition) is 0. The van der Waals surface area contributed by atoms with Gasteiger partial charge in [-0.1, -0.05) is 72.8 Å². The summed E-state index contributed by atoms with van der Waals surface area (Å²) in [5, 5.41) is 0. The second-order valence-corrected chi connectivity index (χ2v) is 5.35. The van der Waals surface area contributed by atoms with Gasteiger partial charge >= 0.3 is 5.97 Å². The Kier molecular flexibility index (Phi) is 5.17. The fraction of sp³-hybridized carbons (Fsp3) is 0. The van der Waals surface area contributed by atoms with Crippen molar-refractivity contribution in [3.63, 3.8) is 0 Å². The van der Waals surface area contributed by atoms with Crippen LogP contribution in [0.5, 0.6) is 5.75 Å². The van der Waals surface area contributed by atoms with E-state index in [1.807, 2.05) is 30.3 Å². The van der Waals surface area contributed by atoms with E-state index in [1.54, 1.807) is 60.7 Å². The molecule has 0 heterocycles. The smallest absolute Gasteiger partial charge is 0.336 e. The monoisotopic (exact) mass is 328 g/mol. The van der Waals surface area contributed by atoms with Crippen LogP contribution in [0.1, 0.15) is 21.5 Å². The summed E-state index contributed by atoms with van der Waals surface area (Å²) in [6.07, 6.45) is 2.92. The van der Waals surface area contributed by atoms with E-state index in [0.717, 1.165) is 0 Å². The molecule has 0 fully saturated rings. The van der Waals surface area contributed by atoms with Crippen molar-refractivity contribution in [3.05, 3.63) is 108 Å². The molecular formula is C22H16O3. The predicted octanol–water partition coefficient (Wildman–Crippen LogP) is 4.54. The van der Waals surface area contributed by atoms with E-state index in [-0.39, 0.29) is 5.78 Å². The van der Waals surface area contributed by atoms with Gasteiger partial charge < -0.3 is 4.74 Å². The average molecular weight is 328 g/mol. The molecule has 0 spiro atoms. The first kappa shape index (κ1) is 16.4. The highest BCUT2D eigenvalue weighted by Gasteiger charge is 2.11. The third-order valence-corrected chi connectivity index (χ3v) is 3.60. The van der Waals surface area contributed by atoms with Gasteiger partial charge in [0.1, 0.15) is 5.75 Å². The van der Waals surface area contributed by atoms with Crippen LogP contribution in [0.4, 0.5) is 0 Å². The molecule has 0 amide bonds. The minimum absolute atomic E-state index is 0.0859. The highest BCUT2D eigenvalue weighted by molar-refractivity contribution is 6.11. The van der Waals surface area contributed by atoms with E-state index >= 15 is 0 Å². The normalized spacial score (nSPS) is 10.6. The zero-order valence-electron chi connectivity index (χ0n) is 13.5. The molecule has 0 saturated carbocycles. The summed E-state index contributed by atoms with van der Waals surface area (Å²) < 4.78 is 5.21. The third kappa shape index (κ3) is 4.30. The fourth-order valence-electron chi connectivity index (χ4n) is 2.39. The van der Waals surface area contributed by atoms with Crippen molar-refractivity contribution in [1.82, 2.24) is 0 Å². The zero-order valence-corrected chi connectivity index (χ0v) is 13.5. The zero-order chi connectivity index (χ0) is 17.5. The Bertz CT molecular complexity index is 897. The maximum absolute atomic E-state index is 12.7. The minimum atomic E-state index is -0.492. The molecule has 0 bridgehead atoms. The van der Waals surface area contributed by atoms with Crippen LogP contribution in [0.15, 0.2) is 91.0 Å². The second-order valence-electron chi connectivity index (χ2n) is 5.35. The van der Waals surface area contributed by atoms with Crippen LogP contribution >= 0.6 is 0 Å². The number of hydrogen-bond acceptors (Lipinski definition) is 3. The van der Waals surface area contributed by atoms with Gasteiger partial charge in [0, 0.05) is 17.2 Å². The number of ketones is 1. The molecule has 3 heteroatoms. The van der Waals surface area contributed by atoms with Crippen molar-refractivity contribution in [2.24, 2.45) is 0 Å². The van der Waals surface area contributed by atoms with Gasteiger partial charge in [-0.3, -0.25) is 4.79 Å². The van der Waals surface area contributed by atoms with Gasteiger partial charge in [-0.15, -0.1) is 0 Å². The van der Waals surface area contributed by atoms with Gasteiger partial charge in [-0.2, -0.15) is 0 Å². The van der Waals surface area contributed by atoms with Crippen LogP contribution in [0.25, 0.3) is 6.08 Å². The van der Waals surface area contributed by atoms with Crippen molar-refractivity contribution >= 4 is 17.8 Å². The summed E-state index contributed by atoms with van der Waals surface area (Å²) in [5.74, 6) is -0.101. The molecule has 0 saturated heterocycles. The lowest BCUT2D eigenvalue weighted by Crippen LogP contribution is -2.05. The van der Waals surface area contributed by atoms with Gasteiger partial charge in [-0.05, 0) is 23.8 Å². The minimum Gasteiger partial charge on any atom is -0.423 e. The molecule has 0 aliphatic carbocycles. The fourth-order valence-corrected chi connectivity index (χ4v) is 2.39. The quantitative estimate of drug-likeness (QED) is 0.299. The third-order valence-electron chi connectivity index (χ3n) is 3.60. The van der Waals surface area contributed by atoms with Crippen molar-refractivity contribution in [3.8, 4) is 5.75 Å². The van der Waals surface area contributed by atoms with Gasteiger partial charge in [0.2, 0.25) is 0 Å². The first-order valence-electron chi connectivity index (χ1n) is 7.88. The van der Waals surface area contributed by atoms with Crippen LogP contribution in [-0.4, -0.2) is 11.8 Å². The molecule has 122 valence electrons. The largest absolute Gasteiger partial charge is 0.423 e. The molecule has 0 aliphatic heterocycles. The number of ether oxygens (including phenoxy) is 1. The predicted molar refractivity (Wildman–Crippen MR) is 97.4 cm³/mol. The highest BCUT2D eigenvalue weighted by Crippen LogP contribution is 2.16. The van der Waals surface area contributed by atoms with E-state index in [1.165, 1.54) is 6.08 Å². The maximum Gasteiger partial charge on any atom is 0.336 e. The molecule has 25 heavy (non-hydrogen) atoms. The average Bonchev–Trinajstić information content (AvgIpc) is 2.67. The second kappa shape index (κ2) is 7.88. The molecule has 3 nitrogen and oxygen atoms in total. The Morgan fingerprint density at radius 3 is 2.04 bits per heavy atom. The van der Waals surface area contributed by atoms with Gasteiger partial charge in [0.05, 0.1) is 0 Å². The topological polar surface area (TPSA) is 43.4 Å². The molecule has 3 rings (SSSR count). The lowest BCUT2D eigenvalue weighted by molar-refractivity contribution is -0.128. The van der Waals surface area contributed by atoms with Crippen LogP contribution < -0.4 is 4.74 Å². The van der Waals surface area contributed by atoms with Gasteiger partial charge in [0.25, 0.3) is 0 Å². The summed E-state index contributed by atoms with van der Waals surface area (Å²) in [5.41, 5.74) is 1.81. The standard InChI is InChI=1S/C22H16O3/c23-21(25-19-12-5-2-6-13-19)16-15-17-9-7-8-14-20(17)22(24)18-10-3-1-4-11-18/h1-16H/b16-15+. The van der Waals surface area contributed by atoms with E-state index in [2.05, 4.69) is 0 Å². The summed E-state index contributed by atoms with van der Waals surface area (Å²) in [6.45, 7) is 0.